The Morgan fingerprint density at radius 3 is 2.78 bits per heavy atom. The topological polar surface area (TPSA) is 42.0 Å². The van der Waals surface area contributed by atoms with Crippen molar-refractivity contribution in [3.8, 4) is 0 Å². The number of nitrogens with one attached hydrogen (secondary N) is 1. The number of pyridine rings is 1. The Labute approximate surface area is 131 Å². The van der Waals surface area contributed by atoms with Crippen LogP contribution in [-0.4, -0.2) is 10.9 Å². The molecule has 1 N–H and O–H groups in total. The molecule has 0 radical (unpaired) electrons. The lowest BCUT2D eigenvalue weighted by molar-refractivity contribution is 0.102. The Kier molecular flexibility index (Phi) is 4.58. The van der Waals surface area contributed by atoms with E-state index in [0.29, 0.717) is 15.2 Å². The molecule has 0 saturated carbocycles. The predicted molar refractivity (Wildman–Crippen MR) is 84.1 cm³/mol. The summed E-state index contributed by atoms with van der Waals surface area (Å²) in [6, 6.07) is 8.63. The van der Waals surface area contributed by atoms with Crippen molar-refractivity contribution in [3.05, 3.63) is 55.3 Å². The molecule has 6 heteroatoms. The summed E-state index contributed by atoms with van der Waals surface area (Å²) in [6.07, 6.45) is 1.58. The second-order valence-corrected chi connectivity index (χ2v) is 5.86. The van der Waals surface area contributed by atoms with Crippen LogP contribution >= 0.6 is 50.1 Å². The highest BCUT2D eigenvalue weighted by Crippen LogP contribution is 2.23. The molecule has 1 aromatic carbocycles. The monoisotopic (exact) mass is 436 g/mol. The Morgan fingerprint density at radius 2 is 2.11 bits per heavy atom. The first-order valence-corrected chi connectivity index (χ1v) is 7.19. The van der Waals surface area contributed by atoms with Gasteiger partial charge < -0.3 is 5.32 Å². The third-order valence-corrected chi connectivity index (χ3v) is 3.73. The second kappa shape index (κ2) is 5.99. The summed E-state index contributed by atoms with van der Waals surface area (Å²) >= 11 is 11.2. The number of amides is 1. The van der Waals surface area contributed by atoms with Gasteiger partial charge in [0.15, 0.2) is 0 Å². The molecule has 0 unspecified atom stereocenters. The average Bonchev–Trinajstić information content (AvgIpc) is 2.32. The van der Waals surface area contributed by atoms with Gasteiger partial charge in [-0.15, -0.1) is 0 Å². The van der Waals surface area contributed by atoms with E-state index in [1.165, 1.54) is 0 Å². The molecular formula is C12H7BrClIN2O. The Hall–Kier alpha value is -0.660. The number of hydrogen-bond donors (Lipinski definition) is 1. The summed E-state index contributed by atoms with van der Waals surface area (Å²) < 4.78 is 1.52. The van der Waals surface area contributed by atoms with E-state index in [4.69, 9.17) is 11.6 Å². The quantitative estimate of drug-likeness (QED) is 0.561. The van der Waals surface area contributed by atoms with Crippen LogP contribution in [0.3, 0.4) is 0 Å². The van der Waals surface area contributed by atoms with E-state index in [2.05, 4.69) is 48.8 Å². The molecule has 92 valence electrons. The summed E-state index contributed by atoms with van der Waals surface area (Å²) in [5, 5.41) is 3.47. The number of carbonyl (C=O) groups excluding carboxylic acids is 1. The maximum absolute atomic E-state index is 12.0. The molecule has 1 heterocycles. The fourth-order valence-corrected chi connectivity index (χ4v) is 2.70. The van der Waals surface area contributed by atoms with Crippen molar-refractivity contribution in [3.63, 3.8) is 0 Å². The number of nitrogens with zero attached hydrogens (tertiary/aromatic N) is 1. The van der Waals surface area contributed by atoms with Gasteiger partial charge in [0.2, 0.25) is 0 Å². The van der Waals surface area contributed by atoms with E-state index in [1.807, 2.05) is 0 Å². The van der Waals surface area contributed by atoms with Crippen molar-refractivity contribution >= 4 is 61.7 Å². The van der Waals surface area contributed by atoms with Crippen molar-refractivity contribution in [2.75, 3.05) is 5.32 Å². The van der Waals surface area contributed by atoms with Gasteiger partial charge in [0.05, 0.1) is 5.69 Å². The summed E-state index contributed by atoms with van der Waals surface area (Å²) in [4.78, 5) is 16.0. The van der Waals surface area contributed by atoms with Crippen molar-refractivity contribution < 1.29 is 4.79 Å². The first-order chi connectivity index (χ1) is 8.56. The third kappa shape index (κ3) is 3.43. The van der Waals surface area contributed by atoms with E-state index in [0.717, 1.165) is 9.26 Å². The first kappa shape index (κ1) is 13.8. The predicted octanol–water partition coefficient (Wildman–Crippen LogP) is 4.35. The van der Waals surface area contributed by atoms with E-state index in [9.17, 15) is 4.79 Å². The molecule has 0 aliphatic heterocycles. The number of hydrogen-bond acceptors (Lipinski definition) is 2. The number of carbonyl (C=O) groups is 1. The van der Waals surface area contributed by atoms with Crippen LogP contribution in [0.2, 0.25) is 5.02 Å². The molecule has 3 nitrogen and oxygen atoms in total. The van der Waals surface area contributed by atoms with Crippen molar-refractivity contribution in [1.29, 1.82) is 0 Å². The van der Waals surface area contributed by atoms with Gasteiger partial charge in [-0.2, -0.15) is 0 Å². The fraction of sp³-hybridized carbons (Fsp3) is 0. The molecule has 0 atom stereocenters. The molecule has 0 saturated heterocycles. The van der Waals surface area contributed by atoms with Gasteiger partial charge in [-0.25, -0.2) is 4.98 Å². The zero-order valence-electron chi connectivity index (χ0n) is 8.95. The molecule has 0 spiro atoms. The molecule has 0 aliphatic rings. The second-order valence-electron chi connectivity index (χ2n) is 3.45. The number of rotatable bonds is 2. The van der Waals surface area contributed by atoms with Gasteiger partial charge in [-0.1, -0.05) is 11.6 Å². The lowest BCUT2D eigenvalue weighted by Gasteiger charge is -2.07. The first-order valence-electron chi connectivity index (χ1n) is 4.94. The van der Waals surface area contributed by atoms with Crippen LogP contribution in [-0.2, 0) is 0 Å². The summed E-state index contributed by atoms with van der Waals surface area (Å²) in [6.45, 7) is 0. The van der Waals surface area contributed by atoms with Gasteiger partial charge in [-0.05, 0) is 68.9 Å². The number of benzene rings is 1. The van der Waals surface area contributed by atoms with Gasteiger partial charge in [-0.3, -0.25) is 4.79 Å². The molecule has 0 aliphatic carbocycles. The standard InChI is InChI=1S/C12H7BrClIN2O/c13-11-5-7(3-4-16-11)12(18)17-10-2-1-8(14)6-9(10)15/h1-6H,(H,17,18). The summed E-state index contributed by atoms with van der Waals surface area (Å²) in [7, 11) is 0. The number of aromatic nitrogens is 1. The highest BCUT2D eigenvalue weighted by molar-refractivity contribution is 14.1. The minimum Gasteiger partial charge on any atom is -0.321 e. The molecular weight excluding hydrogens is 430 g/mol. The van der Waals surface area contributed by atoms with Gasteiger partial charge in [0.25, 0.3) is 5.91 Å². The smallest absolute Gasteiger partial charge is 0.255 e. The van der Waals surface area contributed by atoms with Crippen LogP contribution in [0.1, 0.15) is 10.4 Å². The Balaban J connectivity index is 2.21. The highest BCUT2D eigenvalue weighted by Gasteiger charge is 2.09. The van der Waals surface area contributed by atoms with Crippen LogP contribution in [0.5, 0.6) is 0 Å². The molecule has 0 fully saturated rings. The molecule has 0 bridgehead atoms. The Bertz CT molecular complexity index is 606. The molecule has 1 amide bonds. The van der Waals surface area contributed by atoms with Crippen molar-refractivity contribution in [1.82, 2.24) is 4.98 Å². The average molecular weight is 437 g/mol. The molecule has 2 aromatic rings. The number of anilines is 1. The third-order valence-electron chi connectivity index (χ3n) is 2.17. The highest BCUT2D eigenvalue weighted by atomic mass is 127. The lowest BCUT2D eigenvalue weighted by Crippen LogP contribution is -2.12. The SMILES string of the molecule is O=C(Nc1ccc(Cl)cc1I)c1ccnc(Br)c1. The molecule has 18 heavy (non-hydrogen) atoms. The Morgan fingerprint density at radius 1 is 1.33 bits per heavy atom. The van der Waals surface area contributed by atoms with Crippen LogP contribution in [0.4, 0.5) is 5.69 Å². The maximum atomic E-state index is 12.0. The van der Waals surface area contributed by atoms with Gasteiger partial charge in [0.1, 0.15) is 4.60 Å². The zero-order valence-corrected chi connectivity index (χ0v) is 13.5. The number of halogens is 3. The van der Waals surface area contributed by atoms with Crippen molar-refractivity contribution in [2.45, 2.75) is 0 Å². The van der Waals surface area contributed by atoms with E-state index < -0.39 is 0 Å². The fourth-order valence-electron chi connectivity index (χ4n) is 1.33. The molecule has 1 aromatic heterocycles. The maximum Gasteiger partial charge on any atom is 0.255 e. The van der Waals surface area contributed by atoms with Gasteiger partial charge in [0, 0.05) is 20.4 Å². The van der Waals surface area contributed by atoms with Crippen LogP contribution in [0.15, 0.2) is 41.1 Å². The normalized spacial score (nSPS) is 10.2. The minimum absolute atomic E-state index is 0.182. The van der Waals surface area contributed by atoms with E-state index >= 15 is 0 Å². The minimum atomic E-state index is -0.182. The van der Waals surface area contributed by atoms with E-state index in [1.54, 1.807) is 36.5 Å². The lowest BCUT2D eigenvalue weighted by atomic mass is 10.2. The van der Waals surface area contributed by atoms with Crippen molar-refractivity contribution in [2.24, 2.45) is 0 Å². The summed E-state index contributed by atoms with van der Waals surface area (Å²) in [5.74, 6) is -0.182. The van der Waals surface area contributed by atoms with Crippen LogP contribution < -0.4 is 5.32 Å². The van der Waals surface area contributed by atoms with Crippen LogP contribution in [0, 0.1) is 3.57 Å². The van der Waals surface area contributed by atoms with Crippen LogP contribution in [0.25, 0.3) is 0 Å². The molecule has 2 rings (SSSR count). The largest absolute Gasteiger partial charge is 0.321 e. The summed E-state index contributed by atoms with van der Waals surface area (Å²) in [5.41, 5.74) is 1.28. The zero-order chi connectivity index (χ0) is 13.1. The van der Waals surface area contributed by atoms with E-state index in [-0.39, 0.29) is 5.91 Å². The van der Waals surface area contributed by atoms with Gasteiger partial charge >= 0.3 is 0 Å².